The molecule has 33 heavy (non-hydrogen) atoms. The predicted molar refractivity (Wildman–Crippen MR) is 75.3 cm³/mol. The number of carbonyl (C=O) groups is 1. The van der Waals surface area contributed by atoms with Crippen LogP contribution in [0.15, 0.2) is 24.3 Å². The van der Waals surface area contributed by atoms with Crippen LogP contribution in [-0.2, 0) is 11.0 Å². The van der Waals surface area contributed by atoms with Gasteiger partial charge < -0.3 is 5.11 Å². The van der Waals surface area contributed by atoms with Crippen molar-refractivity contribution >= 4 is 11.5 Å². The molecule has 1 aromatic carbocycles. The van der Waals surface area contributed by atoms with Gasteiger partial charge in [0.05, 0.1) is 5.56 Å². The summed E-state index contributed by atoms with van der Waals surface area (Å²) in [6, 6.07) is -0.491. The molecule has 1 saturated carbocycles. The molecule has 0 aromatic heterocycles. The molecule has 0 unspecified atom stereocenters. The summed E-state index contributed by atoms with van der Waals surface area (Å²) in [5.41, 5.74) is -10.6. The fourth-order valence-electron chi connectivity index (χ4n) is 3.09. The summed E-state index contributed by atoms with van der Waals surface area (Å²) in [4.78, 5) is 11.9. The molecule has 0 atom stereocenters. The maximum absolute atomic E-state index is 13.9. The number of hydrogen-bond acceptors (Lipinski definition) is 2. The fraction of sp³-hybridized carbons (Fsp3) is 0.438. The molecule has 1 aliphatic carbocycles. The molecule has 17 heteroatoms. The zero-order valence-corrected chi connectivity index (χ0v) is 14.8. The first-order valence-corrected chi connectivity index (χ1v) is 7.83. The van der Waals surface area contributed by atoms with Gasteiger partial charge in [-0.15, -0.1) is 0 Å². The van der Waals surface area contributed by atoms with Crippen molar-refractivity contribution in [2.24, 2.45) is 5.41 Å². The molecule has 2 nitrogen and oxygen atoms in total. The van der Waals surface area contributed by atoms with Crippen LogP contribution in [0.4, 0.5) is 65.9 Å². The Bertz CT molecular complexity index is 974. The molecule has 186 valence electrons. The van der Waals surface area contributed by atoms with Crippen LogP contribution < -0.4 is 0 Å². The summed E-state index contributed by atoms with van der Waals surface area (Å²) in [6.07, 6.45) is -14.1. The maximum atomic E-state index is 13.9. The number of aliphatic hydroxyl groups excluding tert-OH is 1. The van der Waals surface area contributed by atoms with Gasteiger partial charge in [-0.3, -0.25) is 4.79 Å². The van der Waals surface area contributed by atoms with Crippen LogP contribution in [0.5, 0.6) is 0 Å². The van der Waals surface area contributed by atoms with E-state index in [1.807, 2.05) is 0 Å². The van der Waals surface area contributed by atoms with Gasteiger partial charge in [0.25, 0.3) is 5.41 Å². The van der Waals surface area contributed by atoms with Crippen LogP contribution in [0, 0.1) is 11.2 Å². The lowest BCUT2D eigenvalue weighted by molar-refractivity contribution is -0.341. The zero-order valence-electron chi connectivity index (χ0n) is 14.8. The standard InChI is InChI=1S/C16H5F15O2/c17-7-3-5(1-2-6(7)11(18,19)20)8(32)4-9(33)10(16(29,30)31)12(21,22)14(25,26)15(27,28)13(10,23)24/h1-4,32H/b8-4-. The second kappa shape index (κ2) is 6.94. The number of halogens is 15. The molecule has 0 spiro atoms. The molecule has 2 rings (SSSR count). The van der Waals surface area contributed by atoms with Crippen molar-refractivity contribution in [2.75, 3.05) is 0 Å². The quantitative estimate of drug-likeness (QED) is 0.288. The van der Waals surface area contributed by atoms with E-state index in [2.05, 4.69) is 0 Å². The normalized spacial score (nSPS) is 23.4. The Balaban J connectivity index is 2.77. The number of alkyl halides is 14. The van der Waals surface area contributed by atoms with Gasteiger partial charge in [-0.1, -0.05) is 6.07 Å². The van der Waals surface area contributed by atoms with Crippen molar-refractivity contribution in [3.63, 3.8) is 0 Å². The summed E-state index contributed by atoms with van der Waals surface area (Å²) in [7, 11) is 0. The van der Waals surface area contributed by atoms with Gasteiger partial charge in [-0.2, -0.15) is 61.5 Å². The Kier molecular flexibility index (Phi) is 5.60. The fourth-order valence-corrected chi connectivity index (χ4v) is 3.09. The van der Waals surface area contributed by atoms with Gasteiger partial charge in [0, 0.05) is 11.6 Å². The van der Waals surface area contributed by atoms with E-state index in [1.165, 1.54) is 0 Å². The molecule has 1 N–H and O–H groups in total. The Morgan fingerprint density at radius 3 is 1.55 bits per heavy atom. The van der Waals surface area contributed by atoms with Gasteiger partial charge in [-0.05, 0) is 12.1 Å². The van der Waals surface area contributed by atoms with Crippen molar-refractivity contribution in [3.8, 4) is 0 Å². The number of benzene rings is 1. The lowest BCUT2D eigenvalue weighted by atomic mass is 9.74. The summed E-state index contributed by atoms with van der Waals surface area (Å²) < 4.78 is 200. The predicted octanol–water partition coefficient (Wildman–Crippen LogP) is 6.42. The number of aliphatic hydroxyl groups is 1. The lowest BCUT2D eigenvalue weighted by Crippen LogP contribution is -2.64. The van der Waals surface area contributed by atoms with Crippen LogP contribution in [-0.4, -0.2) is 40.8 Å². The molecule has 0 aliphatic heterocycles. The maximum Gasteiger partial charge on any atom is 0.419 e. The molecule has 0 saturated heterocycles. The van der Waals surface area contributed by atoms with Crippen molar-refractivity contribution in [1.29, 1.82) is 0 Å². The highest BCUT2D eigenvalue weighted by atomic mass is 19.4. The lowest BCUT2D eigenvalue weighted by Gasteiger charge is -2.37. The van der Waals surface area contributed by atoms with Crippen LogP contribution in [0.25, 0.3) is 5.76 Å². The average molecular weight is 514 g/mol. The zero-order chi connectivity index (χ0) is 26.2. The Morgan fingerprint density at radius 1 is 0.788 bits per heavy atom. The first kappa shape index (κ1) is 26.6. The number of ketones is 1. The van der Waals surface area contributed by atoms with E-state index < -0.39 is 76.0 Å². The molecule has 1 aromatic rings. The Labute approximate surface area is 171 Å². The SMILES string of the molecule is O=C(/C=C(\O)c1ccc(C(F)(F)F)c(F)c1)C1(C(F)(F)F)C(F)(F)C(F)(F)C(F)(F)C1(F)F. The topological polar surface area (TPSA) is 37.3 Å². The average Bonchev–Trinajstić information content (AvgIpc) is 2.64. The minimum atomic E-state index is -7.50. The summed E-state index contributed by atoms with van der Waals surface area (Å²) in [5, 5.41) is 9.51. The van der Waals surface area contributed by atoms with Gasteiger partial charge in [0.15, 0.2) is 5.78 Å². The highest BCUT2D eigenvalue weighted by molar-refractivity contribution is 6.02. The monoisotopic (exact) mass is 514 g/mol. The van der Waals surface area contributed by atoms with Crippen LogP contribution >= 0.6 is 0 Å². The van der Waals surface area contributed by atoms with E-state index >= 15 is 0 Å². The number of carbonyl (C=O) groups excluding carboxylic acids is 1. The highest BCUT2D eigenvalue weighted by Gasteiger charge is 3.06. The van der Waals surface area contributed by atoms with Gasteiger partial charge in [0.1, 0.15) is 11.6 Å². The molecule has 0 heterocycles. The Hall–Kier alpha value is -2.62. The summed E-state index contributed by atoms with van der Waals surface area (Å²) >= 11 is 0. The minimum Gasteiger partial charge on any atom is -0.507 e. The largest absolute Gasteiger partial charge is 0.507 e. The third kappa shape index (κ3) is 3.09. The van der Waals surface area contributed by atoms with Crippen molar-refractivity contribution < 1.29 is 75.8 Å². The number of allylic oxidation sites excluding steroid dienone is 1. The van der Waals surface area contributed by atoms with Crippen molar-refractivity contribution in [1.82, 2.24) is 0 Å². The van der Waals surface area contributed by atoms with E-state index in [0.717, 1.165) is 0 Å². The van der Waals surface area contributed by atoms with E-state index in [-0.39, 0.29) is 18.2 Å². The molecular formula is C16H5F15O2. The van der Waals surface area contributed by atoms with Gasteiger partial charge >= 0.3 is 36.0 Å². The minimum absolute atomic E-state index is 0.0272. The molecule has 1 fully saturated rings. The first-order chi connectivity index (χ1) is 14.4. The van der Waals surface area contributed by atoms with E-state index in [4.69, 9.17) is 0 Å². The van der Waals surface area contributed by atoms with Gasteiger partial charge in [0.2, 0.25) is 0 Å². The molecule has 0 bridgehead atoms. The van der Waals surface area contributed by atoms with Gasteiger partial charge in [-0.25, -0.2) is 4.39 Å². The molecule has 1 aliphatic rings. The first-order valence-electron chi connectivity index (χ1n) is 7.83. The van der Waals surface area contributed by atoms with Crippen LogP contribution in [0.2, 0.25) is 0 Å². The van der Waals surface area contributed by atoms with Crippen molar-refractivity contribution in [3.05, 3.63) is 41.2 Å². The molecule has 0 radical (unpaired) electrons. The third-order valence-corrected chi connectivity index (χ3v) is 4.76. The Morgan fingerprint density at radius 2 is 1.21 bits per heavy atom. The number of hydrogen-bond donors (Lipinski definition) is 1. The molecular weight excluding hydrogens is 509 g/mol. The number of rotatable bonds is 3. The van der Waals surface area contributed by atoms with Crippen molar-refractivity contribution in [2.45, 2.75) is 36.0 Å². The second-order valence-corrected chi connectivity index (χ2v) is 6.63. The van der Waals surface area contributed by atoms with Crippen LogP contribution in [0.3, 0.4) is 0 Å². The third-order valence-electron chi connectivity index (χ3n) is 4.76. The summed E-state index contributed by atoms with van der Waals surface area (Å²) in [5.74, 6) is -38.2. The summed E-state index contributed by atoms with van der Waals surface area (Å²) in [6.45, 7) is 0. The smallest absolute Gasteiger partial charge is 0.419 e. The van der Waals surface area contributed by atoms with E-state index in [0.29, 0.717) is 0 Å². The van der Waals surface area contributed by atoms with E-state index in [9.17, 15) is 75.8 Å². The molecule has 0 amide bonds. The van der Waals surface area contributed by atoms with Crippen LogP contribution in [0.1, 0.15) is 11.1 Å². The van der Waals surface area contributed by atoms with E-state index in [1.54, 1.807) is 0 Å². The second-order valence-electron chi connectivity index (χ2n) is 6.63. The highest BCUT2D eigenvalue weighted by Crippen LogP contribution is 2.75.